The summed E-state index contributed by atoms with van der Waals surface area (Å²) in [5.74, 6) is 0.0826. The zero-order valence-corrected chi connectivity index (χ0v) is 18.2. The molecule has 0 saturated carbocycles. The van der Waals surface area contributed by atoms with Crippen LogP contribution in [0.2, 0.25) is 0 Å². The van der Waals surface area contributed by atoms with Crippen LogP contribution < -0.4 is 21.9 Å². The quantitative estimate of drug-likeness (QED) is 0.397. The van der Waals surface area contributed by atoms with Crippen molar-refractivity contribution in [2.45, 2.75) is 13.1 Å². The number of ether oxygens (including phenoxy) is 1. The van der Waals surface area contributed by atoms with Crippen LogP contribution in [-0.4, -0.2) is 44.8 Å². The van der Waals surface area contributed by atoms with Crippen LogP contribution in [0.1, 0.15) is 11.3 Å². The molecule has 0 aliphatic rings. The molecule has 0 amide bonds. The van der Waals surface area contributed by atoms with E-state index < -0.39 is 11.2 Å². The molecule has 2 aromatic heterocycles. The summed E-state index contributed by atoms with van der Waals surface area (Å²) in [5, 5.41) is 8.84. The highest BCUT2D eigenvalue weighted by atomic mass is 16.5. The lowest BCUT2D eigenvalue weighted by atomic mass is 10.2. The molecule has 10 heteroatoms. The summed E-state index contributed by atoms with van der Waals surface area (Å²) in [4.78, 5) is 31.0. The minimum Gasteiger partial charge on any atom is -0.383 e. The minimum atomic E-state index is -0.563. The van der Waals surface area contributed by atoms with Crippen LogP contribution in [0.5, 0.6) is 0 Å². The Labute approximate surface area is 189 Å². The number of aromatic amines is 1. The maximum atomic E-state index is 12.8. The molecule has 0 fully saturated rings. The summed E-state index contributed by atoms with van der Waals surface area (Å²) >= 11 is 0. The fourth-order valence-corrected chi connectivity index (χ4v) is 3.53. The Kier molecular flexibility index (Phi) is 6.65. The average Bonchev–Trinajstić information content (AvgIpc) is 3.30. The Morgan fingerprint density at radius 1 is 1.06 bits per heavy atom. The van der Waals surface area contributed by atoms with E-state index in [2.05, 4.69) is 15.2 Å². The van der Waals surface area contributed by atoms with Crippen molar-refractivity contribution in [2.24, 2.45) is 0 Å². The number of para-hydroxylation sites is 1. The molecule has 0 spiro atoms. The molecule has 4 rings (SSSR count). The molecule has 4 aromatic rings. The van der Waals surface area contributed by atoms with E-state index in [0.717, 1.165) is 11.3 Å². The highest BCUT2D eigenvalue weighted by molar-refractivity contribution is 5.62. The van der Waals surface area contributed by atoms with Crippen molar-refractivity contribution in [1.82, 2.24) is 24.5 Å². The first-order chi connectivity index (χ1) is 16.1. The molecular formula is C23H25N7O3. The SMILES string of the molecule is COCCN(Cc1cnn(-c2ccccc2)n1)c1c(N)n(Cc2ccccc2)c(=O)[nH]c1=O. The third-order valence-electron chi connectivity index (χ3n) is 5.16. The van der Waals surface area contributed by atoms with Crippen molar-refractivity contribution >= 4 is 11.5 Å². The molecule has 0 atom stereocenters. The molecule has 0 aliphatic carbocycles. The van der Waals surface area contributed by atoms with Crippen molar-refractivity contribution in [3.63, 3.8) is 0 Å². The Morgan fingerprint density at radius 3 is 2.45 bits per heavy atom. The van der Waals surface area contributed by atoms with Crippen LogP contribution in [0.4, 0.5) is 11.5 Å². The normalized spacial score (nSPS) is 10.9. The molecule has 170 valence electrons. The standard InChI is InChI=1S/C23H25N7O3/c1-33-13-12-28(16-18-14-25-30(27-18)19-10-6-3-7-11-19)20-21(24)29(23(32)26-22(20)31)15-17-8-4-2-5-9-17/h2-11,14H,12-13,15-16,24H2,1H3,(H,26,31,32). The van der Waals surface area contributed by atoms with Crippen LogP contribution >= 0.6 is 0 Å². The summed E-state index contributed by atoms with van der Waals surface area (Å²) < 4.78 is 6.58. The lowest BCUT2D eigenvalue weighted by Crippen LogP contribution is -2.39. The molecule has 0 bridgehead atoms. The molecule has 0 saturated heterocycles. The van der Waals surface area contributed by atoms with Gasteiger partial charge >= 0.3 is 5.69 Å². The van der Waals surface area contributed by atoms with E-state index in [-0.39, 0.29) is 24.6 Å². The van der Waals surface area contributed by atoms with Crippen molar-refractivity contribution in [2.75, 3.05) is 30.9 Å². The second kappa shape index (κ2) is 9.96. The van der Waals surface area contributed by atoms with E-state index >= 15 is 0 Å². The number of nitrogens with one attached hydrogen (secondary N) is 1. The number of nitrogens with two attached hydrogens (primary N) is 1. The molecule has 10 nitrogen and oxygen atoms in total. The lowest BCUT2D eigenvalue weighted by molar-refractivity contribution is 0.205. The molecule has 3 N–H and O–H groups in total. The topological polar surface area (TPSA) is 124 Å². The molecule has 0 radical (unpaired) electrons. The fraction of sp³-hybridized carbons (Fsp3) is 0.217. The van der Waals surface area contributed by atoms with E-state index in [1.165, 1.54) is 9.36 Å². The van der Waals surface area contributed by atoms with E-state index in [0.29, 0.717) is 18.8 Å². The van der Waals surface area contributed by atoms with Crippen molar-refractivity contribution in [3.8, 4) is 5.69 Å². The first-order valence-corrected chi connectivity index (χ1v) is 10.4. The molecule has 33 heavy (non-hydrogen) atoms. The van der Waals surface area contributed by atoms with Crippen LogP contribution in [0.15, 0.2) is 76.4 Å². The number of rotatable bonds is 9. The van der Waals surface area contributed by atoms with Gasteiger partial charge in [0.2, 0.25) is 0 Å². The minimum absolute atomic E-state index is 0.0826. The number of nitrogen functional groups attached to an aromatic ring is 1. The molecule has 0 aliphatic heterocycles. The number of nitrogens with zero attached hydrogens (tertiary/aromatic N) is 5. The van der Waals surface area contributed by atoms with Crippen LogP contribution in [-0.2, 0) is 17.8 Å². The van der Waals surface area contributed by atoms with Gasteiger partial charge in [0, 0.05) is 13.7 Å². The van der Waals surface area contributed by atoms with Crippen LogP contribution in [0.25, 0.3) is 5.69 Å². The number of hydrogen-bond donors (Lipinski definition) is 2. The van der Waals surface area contributed by atoms with Gasteiger partial charge in [-0.2, -0.15) is 15.0 Å². The van der Waals surface area contributed by atoms with Gasteiger partial charge in [-0.25, -0.2) is 4.79 Å². The summed E-state index contributed by atoms with van der Waals surface area (Å²) in [6.07, 6.45) is 1.64. The maximum absolute atomic E-state index is 12.8. The Hall–Kier alpha value is -4.18. The van der Waals surface area contributed by atoms with Crippen LogP contribution in [0, 0.1) is 0 Å². The summed E-state index contributed by atoms with van der Waals surface area (Å²) in [5.41, 5.74) is 7.78. The highest BCUT2D eigenvalue weighted by Gasteiger charge is 2.20. The molecule has 0 unspecified atom stereocenters. The predicted molar refractivity (Wildman–Crippen MR) is 126 cm³/mol. The van der Waals surface area contributed by atoms with Gasteiger partial charge in [-0.1, -0.05) is 48.5 Å². The highest BCUT2D eigenvalue weighted by Crippen LogP contribution is 2.19. The van der Waals surface area contributed by atoms with E-state index in [1.54, 1.807) is 18.2 Å². The van der Waals surface area contributed by atoms with Crippen molar-refractivity contribution < 1.29 is 4.74 Å². The Balaban J connectivity index is 1.68. The Morgan fingerprint density at radius 2 is 1.76 bits per heavy atom. The summed E-state index contributed by atoms with van der Waals surface area (Å²) in [6.45, 7) is 1.21. The first kappa shape index (κ1) is 22.0. The van der Waals surface area contributed by atoms with E-state index in [1.807, 2.05) is 60.7 Å². The van der Waals surface area contributed by atoms with E-state index in [4.69, 9.17) is 10.5 Å². The third-order valence-corrected chi connectivity index (χ3v) is 5.16. The summed E-state index contributed by atoms with van der Waals surface area (Å²) in [7, 11) is 1.58. The maximum Gasteiger partial charge on any atom is 0.330 e. The Bertz CT molecular complexity index is 1310. The van der Waals surface area contributed by atoms with Gasteiger partial charge in [-0.05, 0) is 17.7 Å². The smallest absolute Gasteiger partial charge is 0.330 e. The average molecular weight is 447 g/mol. The zero-order valence-electron chi connectivity index (χ0n) is 18.2. The second-order valence-corrected chi connectivity index (χ2v) is 7.44. The van der Waals surface area contributed by atoms with Crippen molar-refractivity contribution in [3.05, 3.63) is 99.0 Å². The predicted octanol–water partition coefficient (Wildman–Crippen LogP) is 1.40. The van der Waals surface area contributed by atoms with Gasteiger partial charge < -0.3 is 15.4 Å². The molecule has 2 heterocycles. The molecular weight excluding hydrogens is 422 g/mol. The van der Waals surface area contributed by atoms with Crippen molar-refractivity contribution in [1.29, 1.82) is 0 Å². The molecule has 2 aromatic carbocycles. The van der Waals surface area contributed by atoms with Gasteiger partial charge in [-0.15, -0.1) is 0 Å². The second-order valence-electron chi connectivity index (χ2n) is 7.44. The first-order valence-electron chi connectivity index (χ1n) is 10.4. The third kappa shape index (κ3) is 5.01. The largest absolute Gasteiger partial charge is 0.383 e. The number of anilines is 2. The number of aromatic nitrogens is 5. The van der Waals surface area contributed by atoms with Crippen LogP contribution in [0.3, 0.4) is 0 Å². The van der Waals surface area contributed by atoms with E-state index in [9.17, 15) is 9.59 Å². The van der Waals surface area contributed by atoms with Gasteiger partial charge in [-0.3, -0.25) is 14.3 Å². The summed E-state index contributed by atoms with van der Waals surface area (Å²) in [6, 6.07) is 18.9. The van der Waals surface area contributed by atoms with Gasteiger partial charge in [0.05, 0.1) is 31.6 Å². The number of benzene rings is 2. The number of hydrogen-bond acceptors (Lipinski definition) is 7. The number of H-pyrrole nitrogens is 1. The lowest BCUT2D eigenvalue weighted by Gasteiger charge is -2.25. The van der Waals surface area contributed by atoms with Gasteiger partial charge in [0.15, 0.2) is 0 Å². The fourth-order valence-electron chi connectivity index (χ4n) is 3.53. The zero-order chi connectivity index (χ0) is 23.2. The van der Waals surface area contributed by atoms with Gasteiger partial charge in [0.25, 0.3) is 5.56 Å². The number of methoxy groups -OCH3 is 1. The monoisotopic (exact) mass is 447 g/mol. The van der Waals surface area contributed by atoms with Gasteiger partial charge in [0.1, 0.15) is 17.2 Å².